The van der Waals surface area contributed by atoms with Crippen LogP contribution in [0.25, 0.3) is 5.65 Å². The van der Waals surface area contributed by atoms with E-state index in [4.69, 9.17) is 9.73 Å². The molecule has 1 fully saturated rings. The highest BCUT2D eigenvalue weighted by molar-refractivity contribution is 14.0. The lowest BCUT2D eigenvalue weighted by Gasteiger charge is -2.24. The molecule has 1 saturated heterocycles. The Hall–Kier alpha value is -1.35. The number of pyridine rings is 1. The molecule has 1 aliphatic heterocycles. The van der Waals surface area contributed by atoms with Gasteiger partial charge in [-0.3, -0.25) is 4.99 Å². The molecule has 3 heterocycles. The first kappa shape index (κ1) is 20.0. The van der Waals surface area contributed by atoms with Gasteiger partial charge < -0.3 is 19.4 Å². The van der Waals surface area contributed by atoms with Crippen LogP contribution in [-0.2, 0) is 11.2 Å². The van der Waals surface area contributed by atoms with Crippen molar-refractivity contribution in [3.05, 3.63) is 36.3 Å². The van der Waals surface area contributed by atoms with Crippen molar-refractivity contribution in [3.8, 4) is 0 Å². The number of nitrogens with zero attached hydrogens (tertiary/aromatic N) is 4. The standard InChI is InChI=1S/C18H27N5O.HI/c1-3-19-18(22(2)12-15-8-11-24-14-15)20-9-7-16-13-23-10-5-4-6-17(23)21-16;/h4-6,10,13,15H,3,7-9,11-12,14H2,1-2H3,(H,19,20);1H. The molecule has 6 nitrogen and oxygen atoms in total. The second kappa shape index (κ2) is 9.96. The molecule has 0 aliphatic carbocycles. The Bertz CT molecular complexity index is 648. The SMILES string of the molecule is CCNC(=NCCc1cn2ccccc2n1)N(C)CC1CCOC1.I. The molecule has 0 aromatic carbocycles. The fraction of sp³-hybridized carbons (Fsp3) is 0.556. The first-order chi connectivity index (χ1) is 11.8. The van der Waals surface area contributed by atoms with E-state index < -0.39 is 0 Å². The van der Waals surface area contributed by atoms with E-state index in [0.29, 0.717) is 5.92 Å². The van der Waals surface area contributed by atoms with Crippen LogP contribution in [0, 0.1) is 5.92 Å². The molecule has 2 aromatic rings. The van der Waals surface area contributed by atoms with Crippen LogP contribution in [0.5, 0.6) is 0 Å². The van der Waals surface area contributed by atoms with E-state index >= 15 is 0 Å². The summed E-state index contributed by atoms with van der Waals surface area (Å²) in [5, 5.41) is 3.38. The molecule has 0 bridgehead atoms. The number of guanidine groups is 1. The number of hydrogen-bond acceptors (Lipinski definition) is 3. The Balaban J connectivity index is 0.00000225. The summed E-state index contributed by atoms with van der Waals surface area (Å²) in [6.07, 6.45) is 6.09. The van der Waals surface area contributed by atoms with Crippen LogP contribution >= 0.6 is 24.0 Å². The highest BCUT2D eigenvalue weighted by Gasteiger charge is 2.19. The number of hydrogen-bond donors (Lipinski definition) is 1. The fourth-order valence-electron chi connectivity index (χ4n) is 3.05. The molecule has 1 aliphatic rings. The van der Waals surface area contributed by atoms with Crippen molar-refractivity contribution in [2.75, 3.05) is 39.9 Å². The maximum absolute atomic E-state index is 5.47. The zero-order valence-electron chi connectivity index (χ0n) is 15.0. The summed E-state index contributed by atoms with van der Waals surface area (Å²) >= 11 is 0. The summed E-state index contributed by atoms with van der Waals surface area (Å²) in [4.78, 5) is 11.6. The molecule has 1 unspecified atom stereocenters. The molecule has 138 valence electrons. The molecule has 0 spiro atoms. The Morgan fingerprint density at radius 2 is 2.36 bits per heavy atom. The maximum atomic E-state index is 5.47. The number of rotatable bonds is 6. The van der Waals surface area contributed by atoms with Gasteiger partial charge in [0.05, 0.1) is 12.3 Å². The smallest absolute Gasteiger partial charge is 0.193 e. The zero-order valence-corrected chi connectivity index (χ0v) is 17.3. The molecular formula is C18H28IN5O. The minimum absolute atomic E-state index is 0. The van der Waals surface area contributed by atoms with Crippen LogP contribution < -0.4 is 5.32 Å². The summed E-state index contributed by atoms with van der Waals surface area (Å²) in [5.74, 6) is 1.57. The van der Waals surface area contributed by atoms with Crippen LogP contribution in [0.3, 0.4) is 0 Å². The number of imidazole rings is 1. The van der Waals surface area contributed by atoms with E-state index in [9.17, 15) is 0 Å². The number of nitrogens with one attached hydrogen (secondary N) is 1. The van der Waals surface area contributed by atoms with Gasteiger partial charge in [-0.05, 0) is 25.5 Å². The third-order valence-electron chi connectivity index (χ3n) is 4.30. The third kappa shape index (κ3) is 5.57. The van der Waals surface area contributed by atoms with Gasteiger partial charge >= 0.3 is 0 Å². The van der Waals surface area contributed by atoms with Crippen molar-refractivity contribution in [1.29, 1.82) is 0 Å². The third-order valence-corrected chi connectivity index (χ3v) is 4.30. The van der Waals surface area contributed by atoms with E-state index in [2.05, 4.69) is 39.8 Å². The van der Waals surface area contributed by atoms with Crippen molar-refractivity contribution in [1.82, 2.24) is 19.6 Å². The van der Waals surface area contributed by atoms with Crippen LogP contribution in [0.2, 0.25) is 0 Å². The summed E-state index contributed by atoms with van der Waals surface area (Å²) in [5.41, 5.74) is 2.06. The normalized spacial score (nSPS) is 17.5. The molecule has 7 heteroatoms. The molecule has 1 N–H and O–H groups in total. The quantitative estimate of drug-likeness (QED) is 0.412. The topological polar surface area (TPSA) is 54.2 Å². The average molecular weight is 457 g/mol. The van der Waals surface area contributed by atoms with E-state index in [1.165, 1.54) is 0 Å². The first-order valence-electron chi connectivity index (χ1n) is 8.76. The van der Waals surface area contributed by atoms with Gasteiger partial charge in [-0.15, -0.1) is 24.0 Å². The molecule has 0 amide bonds. The maximum Gasteiger partial charge on any atom is 0.193 e. The minimum atomic E-state index is 0. The van der Waals surface area contributed by atoms with E-state index in [0.717, 1.165) is 63.0 Å². The molecule has 3 rings (SSSR count). The highest BCUT2D eigenvalue weighted by Crippen LogP contribution is 2.13. The van der Waals surface area contributed by atoms with E-state index in [1.54, 1.807) is 0 Å². The Morgan fingerprint density at radius 1 is 1.48 bits per heavy atom. The Kier molecular flexibility index (Phi) is 7.95. The van der Waals surface area contributed by atoms with Crippen molar-refractivity contribution < 1.29 is 4.74 Å². The molecule has 25 heavy (non-hydrogen) atoms. The number of fused-ring (bicyclic) bond motifs is 1. The number of aliphatic imine (C=N–C) groups is 1. The van der Waals surface area contributed by atoms with Crippen molar-refractivity contribution >= 4 is 35.6 Å². The van der Waals surface area contributed by atoms with Crippen LogP contribution in [-0.4, -0.2) is 60.1 Å². The lowest BCUT2D eigenvalue weighted by Crippen LogP contribution is -2.41. The molecule has 2 aromatic heterocycles. The highest BCUT2D eigenvalue weighted by atomic mass is 127. The monoisotopic (exact) mass is 457 g/mol. The lowest BCUT2D eigenvalue weighted by atomic mass is 10.1. The zero-order chi connectivity index (χ0) is 16.8. The summed E-state index contributed by atoms with van der Waals surface area (Å²) in [6.45, 7) is 6.45. The van der Waals surface area contributed by atoms with Crippen LogP contribution in [0.4, 0.5) is 0 Å². The molecular weight excluding hydrogens is 429 g/mol. The Labute approximate surface area is 166 Å². The van der Waals surface area contributed by atoms with Gasteiger partial charge in [0.25, 0.3) is 0 Å². The average Bonchev–Trinajstić information content (AvgIpc) is 3.22. The van der Waals surface area contributed by atoms with E-state index in [-0.39, 0.29) is 24.0 Å². The van der Waals surface area contributed by atoms with E-state index in [1.807, 2.05) is 24.4 Å². The first-order valence-corrected chi connectivity index (χ1v) is 8.76. The van der Waals surface area contributed by atoms with Gasteiger partial charge in [0.15, 0.2) is 5.96 Å². The summed E-state index contributed by atoms with van der Waals surface area (Å²) < 4.78 is 7.52. The van der Waals surface area contributed by atoms with Crippen molar-refractivity contribution in [2.45, 2.75) is 19.8 Å². The van der Waals surface area contributed by atoms with Crippen molar-refractivity contribution in [2.24, 2.45) is 10.9 Å². The Morgan fingerprint density at radius 3 is 3.08 bits per heavy atom. The van der Waals surface area contributed by atoms with Gasteiger partial charge in [-0.25, -0.2) is 4.98 Å². The van der Waals surface area contributed by atoms with Gasteiger partial charge in [0.1, 0.15) is 5.65 Å². The van der Waals surface area contributed by atoms with Gasteiger partial charge in [0, 0.05) is 58.0 Å². The number of aromatic nitrogens is 2. The van der Waals surface area contributed by atoms with Crippen LogP contribution in [0.15, 0.2) is 35.6 Å². The number of ether oxygens (including phenoxy) is 1. The molecule has 0 radical (unpaired) electrons. The van der Waals surface area contributed by atoms with Crippen molar-refractivity contribution in [3.63, 3.8) is 0 Å². The molecule has 0 saturated carbocycles. The predicted octanol–water partition coefficient (Wildman–Crippen LogP) is 2.43. The summed E-state index contributed by atoms with van der Waals surface area (Å²) in [7, 11) is 2.10. The fourth-order valence-corrected chi connectivity index (χ4v) is 3.05. The predicted molar refractivity (Wildman–Crippen MR) is 112 cm³/mol. The second-order valence-corrected chi connectivity index (χ2v) is 6.29. The van der Waals surface area contributed by atoms with Gasteiger partial charge in [-0.1, -0.05) is 6.07 Å². The van der Waals surface area contributed by atoms with Gasteiger partial charge in [0.2, 0.25) is 0 Å². The number of halogens is 1. The minimum Gasteiger partial charge on any atom is -0.381 e. The summed E-state index contributed by atoms with van der Waals surface area (Å²) in [6, 6.07) is 6.05. The van der Waals surface area contributed by atoms with Gasteiger partial charge in [-0.2, -0.15) is 0 Å². The largest absolute Gasteiger partial charge is 0.381 e. The van der Waals surface area contributed by atoms with Crippen LogP contribution in [0.1, 0.15) is 19.0 Å². The molecule has 1 atom stereocenters. The second-order valence-electron chi connectivity index (χ2n) is 6.29. The lowest BCUT2D eigenvalue weighted by molar-refractivity contribution is 0.181.